The Labute approximate surface area is 98.9 Å². The normalized spacial score (nSPS) is 11.6. The minimum absolute atomic E-state index is 0.0687. The van der Waals surface area contributed by atoms with Crippen molar-refractivity contribution in [2.45, 2.75) is 27.2 Å². The van der Waals surface area contributed by atoms with E-state index in [-0.39, 0.29) is 5.69 Å². The van der Waals surface area contributed by atoms with Gasteiger partial charge >= 0.3 is 5.97 Å². The zero-order chi connectivity index (χ0) is 12.7. The first kappa shape index (κ1) is 11.6. The van der Waals surface area contributed by atoms with Crippen LogP contribution in [0.2, 0.25) is 0 Å². The third-order valence-corrected chi connectivity index (χ3v) is 2.76. The summed E-state index contributed by atoms with van der Waals surface area (Å²) in [6.45, 7) is 5.95. The van der Waals surface area contributed by atoms with Crippen molar-refractivity contribution in [2.24, 2.45) is 13.0 Å². The highest BCUT2D eigenvalue weighted by Crippen LogP contribution is 2.14. The number of fused-ring (bicyclic) bond motifs is 1. The van der Waals surface area contributed by atoms with Gasteiger partial charge in [0.1, 0.15) is 5.82 Å². The minimum Gasteiger partial charge on any atom is -0.476 e. The second-order valence-corrected chi connectivity index (χ2v) is 4.64. The number of hydrogen-bond acceptors (Lipinski definition) is 3. The highest BCUT2D eigenvalue weighted by Gasteiger charge is 2.19. The van der Waals surface area contributed by atoms with Gasteiger partial charge in [-0.15, -0.1) is 0 Å². The summed E-state index contributed by atoms with van der Waals surface area (Å²) in [7, 11) is 1.86. The molecule has 6 heteroatoms. The molecule has 2 heterocycles. The van der Waals surface area contributed by atoms with E-state index < -0.39 is 5.97 Å². The van der Waals surface area contributed by atoms with E-state index in [0.29, 0.717) is 17.4 Å². The van der Waals surface area contributed by atoms with Crippen LogP contribution in [-0.4, -0.2) is 30.2 Å². The lowest BCUT2D eigenvalue weighted by Gasteiger charge is -2.02. The first-order valence-corrected chi connectivity index (χ1v) is 5.56. The molecule has 17 heavy (non-hydrogen) atoms. The lowest BCUT2D eigenvalue weighted by atomic mass is 10.1. The summed E-state index contributed by atoms with van der Waals surface area (Å²) >= 11 is 0. The van der Waals surface area contributed by atoms with Crippen LogP contribution < -0.4 is 0 Å². The van der Waals surface area contributed by atoms with Crippen molar-refractivity contribution in [3.8, 4) is 0 Å². The number of aryl methyl sites for hydroxylation is 2. The molecule has 2 aromatic heterocycles. The maximum absolute atomic E-state index is 11.0. The van der Waals surface area contributed by atoms with Gasteiger partial charge in [-0.1, -0.05) is 13.8 Å². The second kappa shape index (κ2) is 3.87. The molecule has 0 fully saturated rings. The molecule has 0 amide bonds. The largest absolute Gasteiger partial charge is 0.476 e. The second-order valence-electron chi connectivity index (χ2n) is 4.64. The Morgan fingerprint density at radius 3 is 2.59 bits per heavy atom. The average molecular weight is 236 g/mol. The van der Waals surface area contributed by atoms with Gasteiger partial charge in [-0.2, -0.15) is 5.10 Å². The van der Waals surface area contributed by atoms with Crippen LogP contribution in [0.5, 0.6) is 0 Å². The number of aromatic nitrogens is 4. The van der Waals surface area contributed by atoms with Crippen LogP contribution in [0.3, 0.4) is 0 Å². The summed E-state index contributed by atoms with van der Waals surface area (Å²) < 4.78 is 3.45. The molecule has 0 bridgehead atoms. The number of carbonyl (C=O) groups is 1. The van der Waals surface area contributed by atoms with E-state index in [2.05, 4.69) is 23.9 Å². The van der Waals surface area contributed by atoms with E-state index in [4.69, 9.17) is 5.11 Å². The molecule has 6 nitrogen and oxygen atoms in total. The summed E-state index contributed by atoms with van der Waals surface area (Å²) in [5.41, 5.74) is 0.636. The smallest absolute Gasteiger partial charge is 0.356 e. The fraction of sp³-hybridized carbons (Fsp3) is 0.545. The Kier molecular flexibility index (Phi) is 2.65. The average Bonchev–Trinajstić information content (AvgIpc) is 2.68. The van der Waals surface area contributed by atoms with Gasteiger partial charge in [0.05, 0.1) is 5.69 Å². The summed E-state index contributed by atoms with van der Waals surface area (Å²) in [6, 6.07) is 0. The fourth-order valence-electron chi connectivity index (χ4n) is 1.86. The summed E-state index contributed by atoms with van der Waals surface area (Å²) in [5.74, 6) is 0.983. The number of nitrogens with zero attached hydrogens (tertiary/aromatic N) is 4. The zero-order valence-corrected chi connectivity index (χ0v) is 10.4. The lowest BCUT2D eigenvalue weighted by molar-refractivity contribution is 0.0690. The van der Waals surface area contributed by atoms with Crippen LogP contribution in [0.1, 0.15) is 35.9 Å². The number of aromatic carboxylic acids is 1. The molecule has 0 aliphatic carbocycles. The summed E-state index contributed by atoms with van der Waals surface area (Å²) in [4.78, 5) is 15.1. The van der Waals surface area contributed by atoms with Gasteiger partial charge in [0, 0.05) is 13.5 Å². The predicted molar refractivity (Wildman–Crippen MR) is 62.2 cm³/mol. The standard InChI is InChI=1S/C11H16N4O2/c1-6(2)5-8-13-15-7(3)9(10(16)17)12-11(15)14(8)4/h6H,5H2,1-4H3,(H,16,17). The fourth-order valence-corrected chi connectivity index (χ4v) is 1.86. The molecule has 1 N–H and O–H groups in total. The third kappa shape index (κ3) is 1.79. The van der Waals surface area contributed by atoms with Crippen molar-refractivity contribution in [2.75, 3.05) is 0 Å². The number of rotatable bonds is 3. The molecule has 0 aliphatic heterocycles. The van der Waals surface area contributed by atoms with Crippen LogP contribution in [0.25, 0.3) is 5.78 Å². The van der Waals surface area contributed by atoms with Gasteiger partial charge in [0.25, 0.3) is 0 Å². The van der Waals surface area contributed by atoms with Gasteiger partial charge in [-0.05, 0) is 12.8 Å². The van der Waals surface area contributed by atoms with Crippen molar-refractivity contribution in [1.29, 1.82) is 0 Å². The first-order chi connectivity index (χ1) is 7.91. The highest BCUT2D eigenvalue weighted by molar-refractivity contribution is 5.87. The monoisotopic (exact) mass is 236 g/mol. The lowest BCUT2D eigenvalue weighted by Crippen LogP contribution is -2.05. The van der Waals surface area contributed by atoms with Crippen LogP contribution in [-0.2, 0) is 13.5 Å². The molecule has 0 aromatic carbocycles. The molecule has 2 aromatic rings. The van der Waals surface area contributed by atoms with Crippen molar-refractivity contribution in [3.63, 3.8) is 0 Å². The van der Waals surface area contributed by atoms with E-state index in [0.717, 1.165) is 12.2 Å². The van der Waals surface area contributed by atoms with E-state index in [1.54, 1.807) is 11.4 Å². The molecule has 2 rings (SSSR count). The van der Waals surface area contributed by atoms with Crippen molar-refractivity contribution >= 4 is 11.7 Å². The van der Waals surface area contributed by atoms with Gasteiger partial charge < -0.3 is 5.11 Å². The molecule has 92 valence electrons. The first-order valence-electron chi connectivity index (χ1n) is 5.56. The van der Waals surface area contributed by atoms with Crippen molar-refractivity contribution in [1.82, 2.24) is 19.2 Å². The van der Waals surface area contributed by atoms with E-state index >= 15 is 0 Å². The molecule has 0 saturated heterocycles. The highest BCUT2D eigenvalue weighted by atomic mass is 16.4. The third-order valence-electron chi connectivity index (χ3n) is 2.76. The predicted octanol–water partition coefficient (Wildman–Crippen LogP) is 1.27. The number of hydrogen-bond donors (Lipinski definition) is 1. The Morgan fingerprint density at radius 2 is 2.12 bits per heavy atom. The molecule has 0 radical (unpaired) electrons. The zero-order valence-electron chi connectivity index (χ0n) is 10.4. The van der Waals surface area contributed by atoms with Gasteiger partial charge in [0.15, 0.2) is 5.69 Å². The van der Waals surface area contributed by atoms with Crippen LogP contribution in [0.15, 0.2) is 0 Å². The number of carboxylic acids is 1. The molecule has 0 atom stereocenters. The minimum atomic E-state index is -1.02. The molecular weight excluding hydrogens is 220 g/mol. The number of carboxylic acid groups (broad SMARTS) is 1. The van der Waals surface area contributed by atoms with Gasteiger partial charge in [-0.25, -0.2) is 14.3 Å². The Morgan fingerprint density at radius 1 is 1.47 bits per heavy atom. The molecule has 0 saturated carbocycles. The Balaban J connectivity index is 2.58. The molecule has 0 spiro atoms. The van der Waals surface area contributed by atoms with E-state index in [1.165, 1.54) is 0 Å². The van der Waals surface area contributed by atoms with Gasteiger partial charge in [-0.3, -0.25) is 4.57 Å². The molecule has 0 aliphatic rings. The SMILES string of the molecule is Cc1c(C(=O)O)nc2n(C)c(CC(C)C)nn12. The van der Waals surface area contributed by atoms with Crippen LogP contribution in [0.4, 0.5) is 0 Å². The molecule has 0 unspecified atom stereocenters. The maximum atomic E-state index is 11.0. The maximum Gasteiger partial charge on any atom is 0.356 e. The molecular formula is C11H16N4O2. The Hall–Kier alpha value is -1.85. The van der Waals surface area contributed by atoms with Crippen molar-refractivity contribution in [3.05, 3.63) is 17.2 Å². The topological polar surface area (TPSA) is 72.4 Å². The number of imidazole rings is 1. The summed E-state index contributed by atoms with van der Waals surface area (Å²) in [6.07, 6.45) is 0.849. The Bertz CT molecular complexity index is 580. The van der Waals surface area contributed by atoms with E-state index in [1.807, 2.05) is 11.6 Å². The van der Waals surface area contributed by atoms with Crippen LogP contribution >= 0.6 is 0 Å². The van der Waals surface area contributed by atoms with Crippen molar-refractivity contribution < 1.29 is 9.90 Å². The van der Waals surface area contributed by atoms with Gasteiger partial charge in [0.2, 0.25) is 5.78 Å². The summed E-state index contributed by atoms with van der Waals surface area (Å²) in [5, 5.41) is 13.4. The quantitative estimate of drug-likeness (QED) is 0.871. The van der Waals surface area contributed by atoms with E-state index in [9.17, 15) is 4.79 Å². The van der Waals surface area contributed by atoms with Crippen LogP contribution in [0, 0.1) is 12.8 Å².